The van der Waals surface area contributed by atoms with Crippen LogP contribution in [0, 0.1) is 5.92 Å². The fourth-order valence-electron chi connectivity index (χ4n) is 2.72. The zero-order valence-corrected chi connectivity index (χ0v) is 11.7. The number of carboxylic acids is 1. The fourth-order valence-corrected chi connectivity index (χ4v) is 2.72. The molecule has 1 fully saturated rings. The van der Waals surface area contributed by atoms with Crippen LogP contribution in [0.2, 0.25) is 0 Å². The Balaban J connectivity index is 1.99. The Morgan fingerprint density at radius 1 is 1.40 bits per heavy atom. The van der Waals surface area contributed by atoms with Crippen LogP contribution in [0.3, 0.4) is 0 Å². The summed E-state index contributed by atoms with van der Waals surface area (Å²) >= 11 is 0. The molecule has 0 amide bonds. The number of aliphatic carboxylic acids is 1. The average Bonchev–Trinajstić information content (AvgIpc) is 2.78. The van der Waals surface area contributed by atoms with E-state index in [0.29, 0.717) is 5.92 Å². The van der Waals surface area contributed by atoms with Gasteiger partial charge in [0.25, 0.3) is 0 Å². The first-order valence-corrected chi connectivity index (χ1v) is 6.95. The molecule has 4 nitrogen and oxygen atoms in total. The standard InChI is InChI=1S/C16H21NO3/c1-12-8-9-17(15(12)11-18)10-14-4-2-13(3-5-14)6-7-16(19)20/h2-7,12,15,18H,8-11H2,1H3,(H,19,20)/b7-6+. The molecule has 2 unspecified atom stereocenters. The maximum atomic E-state index is 10.5. The molecule has 1 saturated heterocycles. The van der Waals surface area contributed by atoms with Gasteiger partial charge in [-0.15, -0.1) is 0 Å². The van der Waals surface area contributed by atoms with E-state index in [2.05, 4.69) is 11.8 Å². The molecule has 4 heteroatoms. The van der Waals surface area contributed by atoms with Crippen LogP contribution in [0.5, 0.6) is 0 Å². The van der Waals surface area contributed by atoms with Gasteiger partial charge in [0.2, 0.25) is 0 Å². The molecule has 0 aromatic heterocycles. The Morgan fingerprint density at radius 2 is 2.10 bits per heavy atom. The summed E-state index contributed by atoms with van der Waals surface area (Å²) in [5.74, 6) is -0.399. The third kappa shape index (κ3) is 3.68. The van der Waals surface area contributed by atoms with E-state index in [4.69, 9.17) is 5.11 Å². The predicted octanol–water partition coefficient (Wildman–Crippen LogP) is 1.99. The zero-order chi connectivity index (χ0) is 14.5. The smallest absolute Gasteiger partial charge is 0.328 e. The molecule has 1 aromatic carbocycles. The van der Waals surface area contributed by atoms with Crippen molar-refractivity contribution >= 4 is 12.0 Å². The molecule has 1 aliphatic heterocycles. The molecular formula is C16H21NO3. The van der Waals surface area contributed by atoms with Crippen LogP contribution in [0.4, 0.5) is 0 Å². The van der Waals surface area contributed by atoms with Crippen LogP contribution in [-0.4, -0.2) is 40.3 Å². The van der Waals surface area contributed by atoms with Crippen LogP contribution in [-0.2, 0) is 11.3 Å². The Hall–Kier alpha value is -1.65. The van der Waals surface area contributed by atoms with Gasteiger partial charge in [-0.25, -0.2) is 4.79 Å². The first-order chi connectivity index (χ1) is 9.60. The highest BCUT2D eigenvalue weighted by molar-refractivity contribution is 5.85. The van der Waals surface area contributed by atoms with Crippen LogP contribution < -0.4 is 0 Å². The van der Waals surface area contributed by atoms with Gasteiger partial charge in [-0.1, -0.05) is 31.2 Å². The second kappa shape index (κ2) is 6.68. The Morgan fingerprint density at radius 3 is 2.70 bits per heavy atom. The maximum Gasteiger partial charge on any atom is 0.328 e. The topological polar surface area (TPSA) is 60.8 Å². The van der Waals surface area contributed by atoms with Crippen molar-refractivity contribution in [3.63, 3.8) is 0 Å². The van der Waals surface area contributed by atoms with Crippen molar-refractivity contribution in [2.75, 3.05) is 13.2 Å². The van der Waals surface area contributed by atoms with Crippen LogP contribution in [0.15, 0.2) is 30.3 Å². The molecule has 2 atom stereocenters. The van der Waals surface area contributed by atoms with Crippen LogP contribution in [0.1, 0.15) is 24.5 Å². The molecule has 1 aliphatic rings. The summed E-state index contributed by atoms with van der Waals surface area (Å²) in [6.45, 7) is 4.24. The van der Waals surface area contributed by atoms with E-state index in [-0.39, 0.29) is 12.6 Å². The van der Waals surface area contributed by atoms with Crippen molar-refractivity contribution < 1.29 is 15.0 Å². The zero-order valence-electron chi connectivity index (χ0n) is 11.7. The number of hydrogen-bond acceptors (Lipinski definition) is 3. The van der Waals surface area contributed by atoms with Gasteiger partial charge in [-0.05, 0) is 36.1 Å². The molecule has 0 aliphatic carbocycles. The van der Waals surface area contributed by atoms with E-state index in [0.717, 1.165) is 31.1 Å². The normalized spacial score (nSPS) is 23.5. The molecule has 1 aromatic rings. The Bertz CT molecular complexity index is 481. The van der Waals surface area contributed by atoms with Crippen molar-refractivity contribution in [1.82, 2.24) is 4.90 Å². The highest BCUT2D eigenvalue weighted by Gasteiger charge is 2.30. The number of likely N-dealkylation sites (tertiary alicyclic amines) is 1. The third-order valence-corrected chi connectivity index (χ3v) is 3.97. The van der Waals surface area contributed by atoms with E-state index in [9.17, 15) is 9.90 Å². The molecule has 108 valence electrons. The summed E-state index contributed by atoms with van der Waals surface area (Å²) in [5, 5.41) is 18.0. The van der Waals surface area contributed by atoms with Crippen LogP contribution >= 0.6 is 0 Å². The molecule has 0 saturated carbocycles. The number of nitrogens with zero attached hydrogens (tertiary/aromatic N) is 1. The average molecular weight is 275 g/mol. The molecular weight excluding hydrogens is 254 g/mol. The minimum atomic E-state index is -0.939. The molecule has 0 radical (unpaired) electrons. The second-order valence-electron chi connectivity index (χ2n) is 5.40. The lowest BCUT2D eigenvalue weighted by atomic mass is 10.0. The van der Waals surface area contributed by atoms with E-state index in [1.807, 2.05) is 24.3 Å². The number of rotatable bonds is 5. The van der Waals surface area contributed by atoms with E-state index in [1.54, 1.807) is 6.08 Å². The van der Waals surface area contributed by atoms with Gasteiger partial charge in [0.05, 0.1) is 6.61 Å². The largest absolute Gasteiger partial charge is 0.478 e. The van der Waals surface area contributed by atoms with Gasteiger partial charge in [0.15, 0.2) is 0 Å². The minimum Gasteiger partial charge on any atom is -0.478 e. The van der Waals surface area contributed by atoms with E-state index in [1.165, 1.54) is 5.56 Å². The lowest BCUT2D eigenvalue weighted by molar-refractivity contribution is -0.131. The van der Waals surface area contributed by atoms with Gasteiger partial charge >= 0.3 is 5.97 Å². The molecule has 1 heterocycles. The monoisotopic (exact) mass is 275 g/mol. The summed E-state index contributed by atoms with van der Waals surface area (Å²) < 4.78 is 0. The molecule has 20 heavy (non-hydrogen) atoms. The summed E-state index contributed by atoms with van der Waals surface area (Å²) in [6.07, 6.45) is 3.85. The predicted molar refractivity (Wildman–Crippen MR) is 78.2 cm³/mol. The lowest BCUT2D eigenvalue weighted by Crippen LogP contribution is -2.34. The Kier molecular flexibility index (Phi) is 4.93. The van der Waals surface area contributed by atoms with Crippen molar-refractivity contribution in [2.24, 2.45) is 5.92 Å². The molecule has 0 spiro atoms. The molecule has 2 N–H and O–H groups in total. The summed E-state index contributed by atoms with van der Waals surface area (Å²) in [7, 11) is 0. The quantitative estimate of drug-likeness (QED) is 0.807. The number of hydrogen-bond donors (Lipinski definition) is 2. The number of carboxylic acid groups (broad SMARTS) is 1. The SMILES string of the molecule is CC1CCN(Cc2ccc(/C=C/C(=O)O)cc2)C1CO. The van der Waals surface area contributed by atoms with E-state index >= 15 is 0 Å². The summed E-state index contributed by atoms with van der Waals surface area (Å²) in [6, 6.07) is 8.11. The maximum absolute atomic E-state index is 10.5. The van der Waals surface area contributed by atoms with Crippen molar-refractivity contribution in [2.45, 2.75) is 25.9 Å². The van der Waals surface area contributed by atoms with Gasteiger partial charge in [-0.2, -0.15) is 0 Å². The number of benzene rings is 1. The minimum absolute atomic E-state index is 0.209. The number of aliphatic hydroxyl groups excluding tert-OH is 1. The second-order valence-corrected chi connectivity index (χ2v) is 5.40. The molecule has 2 rings (SSSR count). The first-order valence-electron chi connectivity index (χ1n) is 6.95. The highest BCUT2D eigenvalue weighted by atomic mass is 16.4. The molecule has 0 bridgehead atoms. The van der Waals surface area contributed by atoms with Crippen molar-refractivity contribution in [3.05, 3.63) is 41.5 Å². The highest BCUT2D eigenvalue weighted by Crippen LogP contribution is 2.25. The Labute approximate surface area is 119 Å². The van der Waals surface area contributed by atoms with Crippen LogP contribution in [0.25, 0.3) is 6.08 Å². The fraction of sp³-hybridized carbons (Fsp3) is 0.438. The summed E-state index contributed by atoms with van der Waals surface area (Å²) in [4.78, 5) is 12.8. The van der Waals surface area contributed by atoms with Gasteiger partial charge < -0.3 is 10.2 Å². The summed E-state index contributed by atoms with van der Waals surface area (Å²) in [5.41, 5.74) is 2.06. The van der Waals surface area contributed by atoms with E-state index < -0.39 is 5.97 Å². The lowest BCUT2D eigenvalue weighted by Gasteiger charge is -2.25. The number of aliphatic hydroxyl groups is 1. The number of carbonyl (C=O) groups is 1. The third-order valence-electron chi connectivity index (χ3n) is 3.97. The van der Waals surface area contributed by atoms with Gasteiger partial charge in [-0.3, -0.25) is 4.90 Å². The van der Waals surface area contributed by atoms with Crippen molar-refractivity contribution in [3.8, 4) is 0 Å². The van der Waals surface area contributed by atoms with Gasteiger partial charge in [0, 0.05) is 18.7 Å². The van der Waals surface area contributed by atoms with Crippen molar-refractivity contribution in [1.29, 1.82) is 0 Å². The first kappa shape index (κ1) is 14.8. The van der Waals surface area contributed by atoms with Gasteiger partial charge in [0.1, 0.15) is 0 Å².